The van der Waals surface area contributed by atoms with Crippen LogP contribution in [0.15, 0.2) is 24.3 Å². The molecular weight excluding hydrogens is 266 g/mol. The first kappa shape index (κ1) is 12.4. The molecular formula is C17H19NOS. The number of aryl methyl sites for hydroxylation is 2. The van der Waals surface area contributed by atoms with E-state index in [0.717, 1.165) is 18.8 Å². The molecule has 2 aromatic rings. The molecule has 4 rings (SSSR count). The Morgan fingerprint density at radius 1 is 1.15 bits per heavy atom. The summed E-state index contributed by atoms with van der Waals surface area (Å²) >= 11 is 1.99. The van der Waals surface area contributed by atoms with E-state index in [-0.39, 0.29) is 0 Å². The van der Waals surface area contributed by atoms with Crippen LogP contribution in [0, 0.1) is 0 Å². The summed E-state index contributed by atoms with van der Waals surface area (Å²) in [4.78, 5) is 3.06. The number of thiophene rings is 1. The molecule has 0 saturated heterocycles. The molecule has 2 nitrogen and oxygen atoms in total. The smallest absolute Gasteiger partial charge is 0.122 e. The molecule has 0 fully saturated rings. The molecule has 2 heterocycles. The lowest BCUT2D eigenvalue weighted by Gasteiger charge is -2.16. The van der Waals surface area contributed by atoms with Gasteiger partial charge in [0, 0.05) is 16.2 Å². The minimum absolute atomic E-state index is 0.316. The fourth-order valence-electron chi connectivity index (χ4n) is 3.35. The Kier molecular flexibility index (Phi) is 3.04. The number of ether oxygens (including phenoxy) is 1. The van der Waals surface area contributed by atoms with Crippen molar-refractivity contribution in [3.63, 3.8) is 0 Å². The molecule has 1 aromatic heterocycles. The molecule has 0 bridgehead atoms. The van der Waals surface area contributed by atoms with Crippen LogP contribution in [0.5, 0.6) is 5.75 Å². The first-order chi connectivity index (χ1) is 9.85. The SMILES string of the molecule is CNC(c1ccc2c(c1)CCO2)c1cc2c(s1)CCC2. The molecule has 1 N–H and O–H groups in total. The molecule has 104 valence electrons. The highest BCUT2D eigenvalue weighted by Crippen LogP contribution is 2.37. The van der Waals surface area contributed by atoms with Crippen LogP contribution in [0.2, 0.25) is 0 Å². The van der Waals surface area contributed by atoms with E-state index < -0.39 is 0 Å². The second kappa shape index (κ2) is 4.90. The van der Waals surface area contributed by atoms with Crippen LogP contribution in [0.3, 0.4) is 0 Å². The van der Waals surface area contributed by atoms with Gasteiger partial charge in [-0.3, -0.25) is 0 Å². The van der Waals surface area contributed by atoms with Gasteiger partial charge in [-0.25, -0.2) is 0 Å². The third kappa shape index (κ3) is 1.97. The van der Waals surface area contributed by atoms with Crippen molar-refractivity contribution in [3.05, 3.63) is 50.7 Å². The minimum Gasteiger partial charge on any atom is -0.493 e. The molecule has 0 saturated carbocycles. The molecule has 1 aromatic carbocycles. The van der Waals surface area contributed by atoms with Gasteiger partial charge in [0.15, 0.2) is 0 Å². The van der Waals surface area contributed by atoms with Gasteiger partial charge in [0.05, 0.1) is 12.6 Å². The first-order valence-corrected chi connectivity index (χ1v) is 8.21. The highest BCUT2D eigenvalue weighted by molar-refractivity contribution is 7.12. The predicted molar refractivity (Wildman–Crippen MR) is 82.9 cm³/mol. The number of hydrogen-bond donors (Lipinski definition) is 1. The van der Waals surface area contributed by atoms with Crippen LogP contribution >= 0.6 is 11.3 Å². The van der Waals surface area contributed by atoms with Gasteiger partial charge in [0.25, 0.3) is 0 Å². The van der Waals surface area contributed by atoms with Crippen molar-refractivity contribution >= 4 is 11.3 Å². The number of hydrogen-bond acceptors (Lipinski definition) is 3. The number of benzene rings is 1. The zero-order chi connectivity index (χ0) is 13.5. The van der Waals surface area contributed by atoms with Crippen molar-refractivity contribution in [2.24, 2.45) is 0 Å². The van der Waals surface area contributed by atoms with Crippen LogP contribution in [-0.4, -0.2) is 13.7 Å². The molecule has 20 heavy (non-hydrogen) atoms. The topological polar surface area (TPSA) is 21.3 Å². The van der Waals surface area contributed by atoms with E-state index in [0.29, 0.717) is 6.04 Å². The monoisotopic (exact) mass is 285 g/mol. The van der Waals surface area contributed by atoms with Gasteiger partial charge < -0.3 is 10.1 Å². The van der Waals surface area contributed by atoms with Gasteiger partial charge in [0.1, 0.15) is 5.75 Å². The van der Waals surface area contributed by atoms with Crippen molar-refractivity contribution in [2.45, 2.75) is 31.7 Å². The largest absolute Gasteiger partial charge is 0.493 e. The highest BCUT2D eigenvalue weighted by Gasteiger charge is 2.22. The summed E-state index contributed by atoms with van der Waals surface area (Å²) in [6.45, 7) is 0.830. The van der Waals surface area contributed by atoms with Crippen molar-refractivity contribution in [1.82, 2.24) is 5.32 Å². The van der Waals surface area contributed by atoms with Crippen LogP contribution < -0.4 is 10.1 Å². The lowest BCUT2D eigenvalue weighted by molar-refractivity contribution is 0.357. The second-order valence-electron chi connectivity index (χ2n) is 5.64. The summed E-state index contributed by atoms with van der Waals surface area (Å²) in [5.74, 6) is 1.07. The Balaban J connectivity index is 1.70. The second-order valence-corrected chi connectivity index (χ2v) is 6.81. The zero-order valence-corrected chi connectivity index (χ0v) is 12.6. The Hall–Kier alpha value is -1.32. The molecule has 1 aliphatic heterocycles. The van der Waals surface area contributed by atoms with Crippen LogP contribution in [0.25, 0.3) is 0 Å². The molecule has 0 radical (unpaired) electrons. The number of rotatable bonds is 3. The van der Waals surface area contributed by atoms with Crippen LogP contribution in [0.4, 0.5) is 0 Å². The van der Waals surface area contributed by atoms with E-state index in [1.807, 2.05) is 11.3 Å². The molecule has 1 atom stereocenters. The molecule has 0 spiro atoms. The summed E-state index contributed by atoms with van der Waals surface area (Å²) < 4.78 is 5.60. The van der Waals surface area contributed by atoms with Crippen molar-refractivity contribution < 1.29 is 4.74 Å². The Bertz CT molecular complexity index is 625. The molecule has 3 heteroatoms. The average molecular weight is 285 g/mol. The van der Waals surface area contributed by atoms with Gasteiger partial charge in [-0.05, 0) is 55.1 Å². The Morgan fingerprint density at radius 2 is 2.10 bits per heavy atom. The summed E-state index contributed by atoms with van der Waals surface area (Å²) in [6.07, 6.45) is 4.91. The zero-order valence-electron chi connectivity index (χ0n) is 11.7. The molecule has 1 unspecified atom stereocenters. The minimum atomic E-state index is 0.316. The normalized spacial score (nSPS) is 17.6. The van der Waals surface area contributed by atoms with E-state index >= 15 is 0 Å². The third-order valence-corrected chi connectivity index (χ3v) is 5.69. The maximum atomic E-state index is 5.60. The van der Waals surface area contributed by atoms with Gasteiger partial charge in [-0.1, -0.05) is 12.1 Å². The lowest BCUT2D eigenvalue weighted by Crippen LogP contribution is -2.16. The van der Waals surface area contributed by atoms with E-state index in [1.165, 1.54) is 35.3 Å². The van der Waals surface area contributed by atoms with Gasteiger partial charge >= 0.3 is 0 Å². The van der Waals surface area contributed by atoms with E-state index in [4.69, 9.17) is 4.74 Å². The Labute approximate surface area is 123 Å². The van der Waals surface area contributed by atoms with E-state index in [9.17, 15) is 0 Å². The maximum absolute atomic E-state index is 5.60. The van der Waals surface area contributed by atoms with E-state index in [2.05, 4.69) is 36.6 Å². The van der Waals surface area contributed by atoms with Crippen molar-refractivity contribution in [1.29, 1.82) is 0 Å². The highest BCUT2D eigenvalue weighted by atomic mass is 32.1. The fourth-order valence-corrected chi connectivity index (χ4v) is 4.75. The quantitative estimate of drug-likeness (QED) is 0.932. The number of nitrogens with one attached hydrogen (secondary N) is 1. The van der Waals surface area contributed by atoms with E-state index in [1.54, 1.807) is 10.4 Å². The average Bonchev–Trinajstić information content (AvgIpc) is 3.13. The van der Waals surface area contributed by atoms with Gasteiger partial charge in [-0.15, -0.1) is 11.3 Å². The fraction of sp³-hybridized carbons (Fsp3) is 0.412. The summed E-state index contributed by atoms with van der Waals surface area (Å²) in [5.41, 5.74) is 4.29. The van der Waals surface area contributed by atoms with Crippen molar-refractivity contribution in [2.75, 3.05) is 13.7 Å². The predicted octanol–water partition coefficient (Wildman–Crippen LogP) is 3.48. The molecule has 2 aliphatic rings. The number of fused-ring (bicyclic) bond motifs is 2. The van der Waals surface area contributed by atoms with Gasteiger partial charge in [0.2, 0.25) is 0 Å². The lowest BCUT2D eigenvalue weighted by atomic mass is 10.0. The third-order valence-electron chi connectivity index (χ3n) is 4.39. The Morgan fingerprint density at radius 3 is 2.95 bits per heavy atom. The standard InChI is InChI=1S/C17H19NOS/c1-18-17(16-10-12-3-2-4-15(12)20-16)13-5-6-14-11(9-13)7-8-19-14/h5-6,9-10,17-18H,2-4,7-8H2,1H3. The van der Waals surface area contributed by atoms with Crippen LogP contribution in [0.1, 0.15) is 38.9 Å². The van der Waals surface area contributed by atoms with Crippen molar-refractivity contribution in [3.8, 4) is 5.75 Å². The molecule has 0 amide bonds. The summed E-state index contributed by atoms with van der Waals surface area (Å²) in [7, 11) is 2.05. The van der Waals surface area contributed by atoms with Gasteiger partial charge in [-0.2, -0.15) is 0 Å². The first-order valence-electron chi connectivity index (χ1n) is 7.39. The summed E-state index contributed by atoms with van der Waals surface area (Å²) in [6, 6.07) is 9.38. The van der Waals surface area contributed by atoms with Crippen LogP contribution in [-0.2, 0) is 19.3 Å². The maximum Gasteiger partial charge on any atom is 0.122 e. The summed E-state index contributed by atoms with van der Waals surface area (Å²) in [5, 5.41) is 3.48. The molecule has 1 aliphatic carbocycles.